The zero-order chi connectivity index (χ0) is 14.9. The predicted molar refractivity (Wildman–Crippen MR) is 80.5 cm³/mol. The van der Waals surface area contributed by atoms with Gasteiger partial charge in [-0.1, -0.05) is 53.4 Å². The largest absolute Gasteiger partial charge is 0.349 e. The Bertz CT molecular complexity index is 284. The zero-order valence-corrected chi connectivity index (χ0v) is 13.5. The number of nitrogens with one attached hydrogen (secondary N) is 1. The van der Waals surface area contributed by atoms with Gasteiger partial charge in [-0.25, -0.2) is 0 Å². The van der Waals surface area contributed by atoms with E-state index in [0.29, 0.717) is 6.42 Å². The maximum absolute atomic E-state index is 11.8. The molecule has 3 nitrogen and oxygen atoms in total. The molecule has 1 unspecified atom stereocenters. The van der Waals surface area contributed by atoms with Crippen molar-refractivity contribution in [1.82, 2.24) is 5.32 Å². The van der Waals surface area contributed by atoms with Crippen molar-refractivity contribution in [2.75, 3.05) is 6.54 Å². The van der Waals surface area contributed by atoms with Crippen molar-refractivity contribution < 1.29 is 9.59 Å². The Morgan fingerprint density at radius 3 is 2.21 bits per heavy atom. The Morgan fingerprint density at radius 2 is 1.68 bits per heavy atom. The number of hydrogen-bond donors (Lipinski definition) is 1. The third-order valence-corrected chi connectivity index (χ3v) is 3.91. The minimum absolute atomic E-state index is 0.0409. The standard InChI is InChI=1S/C15H28ClNO2/c1-5-6-7-8-9-10-13(19)17-11-12(18)14(16)15(2,3)4/h14H,5-11H2,1-4H3,(H,17,19). The third-order valence-electron chi connectivity index (χ3n) is 3.01. The number of unbranched alkanes of at least 4 members (excludes halogenated alkanes) is 4. The lowest BCUT2D eigenvalue weighted by atomic mass is 9.89. The van der Waals surface area contributed by atoms with Gasteiger partial charge in [0.05, 0.1) is 11.9 Å². The second-order valence-corrected chi connectivity index (χ2v) is 6.57. The van der Waals surface area contributed by atoms with Crippen molar-refractivity contribution in [1.29, 1.82) is 0 Å². The van der Waals surface area contributed by atoms with E-state index in [-0.39, 0.29) is 23.7 Å². The van der Waals surface area contributed by atoms with Gasteiger partial charge in [0.25, 0.3) is 0 Å². The molecule has 0 spiro atoms. The minimum atomic E-state index is -0.558. The highest BCUT2D eigenvalue weighted by molar-refractivity contribution is 6.32. The fourth-order valence-electron chi connectivity index (χ4n) is 1.74. The summed E-state index contributed by atoms with van der Waals surface area (Å²) >= 11 is 6.05. The fraction of sp³-hybridized carbons (Fsp3) is 0.867. The molecule has 1 atom stereocenters. The molecule has 0 aromatic rings. The Labute approximate surface area is 122 Å². The molecule has 0 saturated carbocycles. The van der Waals surface area contributed by atoms with Gasteiger partial charge in [-0.05, 0) is 11.8 Å². The van der Waals surface area contributed by atoms with Gasteiger partial charge in [0, 0.05) is 6.42 Å². The van der Waals surface area contributed by atoms with Gasteiger partial charge in [-0.2, -0.15) is 0 Å². The number of halogens is 1. The van der Waals surface area contributed by atoms with E-state index in [1.54, 1.807) is 0 Å². The molecule has 0 radical (unpaired) electrons. The van der Waals surface area contributed by atoms with Gasteiger partial charge >= 0.3 is 0 Å². The molecular formula is C15H28ClNO2. The van der Waals surface area contributed by atoms with Crippen LogP contribution in [0.1, 0.15) is 66.2 Å². The van der Waals surface area contributed by atoms with Crippen LogP contribution >= 0.6 is 11.6 Å². The van der Waals surface area contributed by atoms with Crippen molar-refractivity contribution in [3.63, 3.8) is 0 Å². The average molecular weight is 290 g/mol. The number of ketones is 1. The molecule has 4 heteroatoms. The van der Waals surface area contributed by atoms with Crippen molar-refractivity contribution in [2.24, 2.45) is 5.41 Å². The van der Waals surface area contributed by atoms with E-state index in [2.05, 4.69) is 12.2 Å². The van der Waals surface area contributed by atoms with E-state index in [9.17, 15) is 9.59 Å². The van der Waals surface area contributed by atoms with Gasteiger partial charge < -0.3 is 5.32 Å². The van der Waals surface area contributed by atoms with Crippen LogP contribution in [0.5, 0.6) is 0 Å². The normalized spacial score (nSPS) is 13.1. The SMILES string of the molecule is CCCCCCCC(=O)NCC(=O)C(Cl)C(C)(C)C. The Kier molecular flexibility index (Phi) is 9.07. The second-order valence-electron chi connectivity index (χ2n) is 6.14. The van der Waals surface area contributed by atoms with Crippen LogP contribution in [0.4, 0.5) is 0 Å². The molecule has 0 saturated heterocycles. The number of hydrogen-bond acceptors (Lipinski definition) is 2. The first-order valence-corrected chi connectivity index (χ1v) is 7.66. The van der Waals surface area contributed by atoms with Gasteiger partial charge in [-0.15, -0.1) is 11.6 Å². The summed E-state index contributed by atoms with van der Waals surface area (Å²) in [4.78, 5) is 23.3. The molecule has 0 heterocycles. The van der Waals surface area contributed by atoms with Crippen molar-refractivity contribution >= 4 is 23.3 Å². The summed E-state index contributed by atoms with van der Waals surface area (Å²) in [6.07, 6.45) is 6.07. The summed E-state index contributed by atoms with van der Waals surface area (Å²) in [5.74, 6) is -0.170. The summed E-state index contributed by atoms with van der Waals surface area (Å²) in [5, 5.41) is 2.10. The molecule has 0 bridgehead atoms. The number of amides is 1. The highest BCUT2D eigenvalue weighted by Gasteiger charge is 2.28. The monoisotopic (exact) mass is 289 g/mol. The fourth-order valence-corrected chi connectivity index (χ4v) is 1.81. The first kappa shape index (κ1) is 18.4. The minimum Gasteiger partial charge on any atom is -0.349 e. The van der Waals surface area contributed by atoms with E-state index < -0.39 is 5.38 Å². The average Bonchev–Trinajstić information content (AvgIpc) is 2.33. The van der Waals surface area contributed by atoms with Crippen LogP contribution < -0.4 is 5.32 Å². The smallest absolute Gasteiger partial charge is 0.220 e. The molecule has 0 rings (SSSR count). The van der Waals surface area contributed by atoms with Crippen molar-refractivity contribution in [2.45, 2.75) is 71.6 Å². The first-order chi connectivity index (χ1) is 8.79. The van der Waals surface area contributed by atoms with Crippen molar-refractivity contribution in [3.8, 4) is 0 Å². The molecule has 0 aromatic heterocycles. The summed E-state index contributed by atoms with van der Waals surface area (Å²) in [5.41, 5.74) is -0.274. The quantitative estimate of drug-likeness (QED) is 0.520. The lowest BCUT2D eigenvalue weighted by molar-refractivity contribution is -0.125. The Balaban J connectivity index is 3.76. The summed E-state index contributed by atoms with van der Waals surface area (Å²) in [6, 6.07) is 0. The molecule has 0 aliphatic heterocycles. The third kappa shape index (κ3) is 9.04. The van der Waals surface area contributed by atoms with E-state index in [1.165, 1.54) is 19.3 Å². The summed E-state index contributed by atoms with van der Waals surface area (Å²) < 4.78 is 0. The van der Waals surface area contributed by atoms with E-state index in [1.807, 2.05) is 20.8 Å². The summed E-state index contributed by atoms with van der Waals surface area (Å²) in [6.45, 7) is 7.95. The molecule has 112 valence electrons. The molecule has 0 aromatic carbocycles. The van der Waals surface area contributed by atoms with Crippen LogP contribution in [0.2, 0.25) is 0 Å². The van der Waals surface area contributed by atoms with E-state index in [0.717, 1.165) is 12.8 Å². The number of Topliss-reactive ketones (excluding diaryl/α,β-unsaturated/α-hetero) is 1. The van der Waals surface area contributed by atoms with Gasteiger partial charge in [0.2, 0.25) is 5.91 Å². The number of rotatable bonds is 9. The number of carbonyl (C=O) groups excluding carboxylic acids is 2. The second kappa shape index (κ2) is 9.35. The van der Waals surface area contributed by atoms with E-state index in [4.69, 9.17) is 11.6 Å². The van der Waals surface area contributed by atoms with Crippen LogP contribution in [0.15, 0.2) is 0 Å². The van der Waals surface area contributed by atoms with Gasteiger partial charge in [0.1, 0.15) is 0 Å². The molecule has 0 aliphatic carbocycles. The van der Waals surface area contributed by atoms with Crippen LogP contribution in [-0.4, -0.2) is 23.6 Å². The van der Waals surface area contributed by atoms with E-state index >= 15 is 0 Å². The van der Waals surface area contributed by atoms with Crippen LogP contribution in [0.25, 0.3) is 0 Å². The molecule has 1 N–H and O–H groups in total. The molecule has 0 fully saturated rings. The van der Waals surface area contributed by atoms with Gasteiger partial charge in [-0.3, -0.25) is 9.59 Å². The lowest BCUT2D eigenvalue weighted by Crippen LogP contribution is -2.38. The number of carbonyl (C=O) groups is 2. The molecule has 1 amide bonds. The van der Waals surface area contributed by atoms with Gasteiger partial charge in [0.15, 0.2) is 5.78 Å². The molecule has 0 aliphatic rings. The predicted octanol–water partition coefficient (Wildman–Crippen LogP) is 3.69. The Hall–Kier alpha value is -0.570. The highest BCUT2D eigenvalue weighted by Crippen LogP contribution is 2.24. The van der Waals surface area contributed by atoms with Crippen LogP contribution in [-0.2, 0) is 9.59 Å². The maximum atomic E-state index is 11.8. The van der Waals surface area contributed by atoms with Crippen molar-refractivity contribution in [3.05, 3.63) is 0 Å². The lowest BCUT2D eigenvalue weighted by Gasteiger charge is -2.23. The highest BCUT2D eigenvalue weighted by atomic mass is 35.5. The first-order valence-electron chi connectivity index (χ1n) is 7.22. The Morgan fingerprint density at radius 1 is 1.11 bits per heavy atom. The summed E-state index contributed by atoms with van der Waals surface area (Å²) in [7, 11) is 0. The molecule has 19 heavy (non-hydrogen) atoms. The molecular weight excluding hydrogens is 262 g/mol. The van der Waals surface area contributed by atoms with Crippen LogP contribution in [0.3, 0.4) is 0 Å². The zero-order valence-electron chi connectivity index (χ0n) is 12.7. The van der Waals surface area contributed by atoms with Crippen LogP contribution in [0, 0.1) is 5.41 Å². The maximum Gasteiger partial charge on any atom is 0.220 e. The number of alkyl halides is 1. The topological polar surface area (TPSA) is 46.2 Å².